The van der Waals surface area contributed by atoms with E-state index in [2.05, 4.69) is 10.3 Å². The number of nitrogens with one attached hydrogen (secondary N) is 1. The molecule has 0 saturated carbocycles. The predicted molar refractivity (Wildman–Crippen MR) is 56.8 cm³/mol. The zero-order valence-corrected chi connectivity index (χ0v) is 9.27. The van der Waals surface area contributed by atoms with Gasteiger partial charge in [-0.05, 0) is 0 Å². The van der Waals surface area contributed by atoms with Gasteiger partial charge in [0.05, 0.1) is 5.75 Å². The molecule has 1 amide bonds. The molecule has 1 heterocycles. The minimum Gasteiger partial charge on any atom is -0.375 e. The van der Waals surface area contributed by atoms with Gasteiger partial charge in [0.15, 0.2) is 5.13 Å². The number of carbonyl (C=O) groups excluding carboxylic acids is 1. The Kier molecular flexibility index (Phi) is 3.61. The van der Waals surface area contributed by atoms with Gasteiger partial charge < -0.3 is 11.1 Å². The summed E-state index contributed by atoms with van der Waals surface area (Å²) in [6, 6.07) is 0. The van der Waals surface area contributed by atoms with Gasteiger partial charge >= 0.3 is 0 Å². The number of primary sulfonamides is 1. The van der Waals surface area contributed by atoms with Crippen LogP contribution in [0.5, 0.6) is 0 Å². The Hall–Kier alpha value is -1.19. The maximum atomic E-state index is 11.3. The third-order valence-corrected chi connectivity index (χ3v) is 2.87. The zero-order chi connectivity index (χ0) is 11.5. The van der Waals surface area contributed by atoms with Gasteiger partial charge in [0.2, 0.25) is 10.0 Å². The molecular weight excluding hydrogens is 240 g/mol. The van der Waals surface area contributed by atoms with Crippen LogP contribution < -0.4 is 16.2 Å². The lowest BCUT2D eigenvalue weighted by atomic mass is 10.4. The van der Waals surface area contributed by atoms with Crippen molar-refractivity contribution < 1.29 is 13.2 Å². The highest BCUT2D eigenvalue weighted by molar-refractivity contribution is 7.89. The molecule has 0 fully saturated rings. The van der Waals surface area contributed by atoms with E-state index in [1.165, 1.54) is 5.38 Å². The van der Waals surface area contributed by atoms with Crippen LogP contribution in [0, 0.1) is 0 Å². The van der Waals surface area contributed by atoms with E-state index in [-0.39, 0.29) is 23.1 Å². The van der Waals surface area contributed by atoms with Crippen LogP contribution in [0.15, 0.2) is 5.38 Å². The molecule has 0 radical (unpaired) electrons. The van der Waals surface area contributed by atoms with E-state index in [9.17, 15) is 13.2 Å². The second-order valence-corrected chi connectivity index (χ2v) is 5.32. The molecule has 0 saturated heterocycles. The van der Waals surface area contributed by atoms with Crippen LogP contribution in [0.25, 0.3) is 0 Å². The Labute approximate surface area is 90.5 Å². The van der Waals surface area contributed by atoms with Gasteiger partial charge in [-0.2, -0.15) is 0 Å². The summed E-state index contributed by atoms with van der Waals surface area (Å²) in [6.07, 6.45) is 0. The number of sulfonamides is 1. The molecule has 1 rings (SSSR count). The van der Waals surface area contributed by atoms with Crippen molar-refractivity contribution in [2.24, 2.45) is 5.14 Å². The highest BCUT2D eigenvalue weighted by atomic mass is 32.2. The molecule has 0 spiro atoms. The highest BCUT2D eigenvalue weighted by Crippen LogP contribution is 2.10. The van der Waals surface area contributed by atoms with Gasteiger partial charge in [0.25, 0.3) is 5.91 Å². The second kappa shape index (κ2) is 4.55. The molecule has 1 aromatic heterocycles. The molecule has 0 aliphatic carbocycles. The van der Waals surface area contributed by atoms with Gasteiger partial charge in [0, 0.05) is 11.9 Å². The molecule has 5 N–H and O–H groups in total. The zero-order valence-electron chi connectivity index (χ0n) is 7.63. The lowest BCUT2D eigenvalue weighted by Gasteiger charge is -2.00. The first-order chi connectivity index (χ1) is 6.88. The van der Waals surface area contributed by atoms with Crippen molar-refractivity contribution in [2.75, 3.05) is 18.0 Å². The van der Waals surface area contributed by atoms with Crippen molar-refractivity contribution in [3.05, 3.63) is 11.1 Å². The first-order valence-corrected chi connectivity index (χ1v) is 6.47. The van der Waals surface area contributed by atoms with Gasteiger partial charge in [-0.25, -0.2) is 18.5 Å². The third-order valence-electron chi connectivity index (χ3n) is 1.43. The molecular formula is C6H10N4O3S2. The summed E-state index contributed by atoms with van der Waals surface area (Å²) in [6.45, 7) is -0.0465. The summed E-state index contributed by atoms with van der Waals surface area (Å²) in [5.41, 5.74) is 5.50. The van der Waals surface area contributed by atoms with Gasteiger partial charge in [-0.3, -0.25) is 4.79 Å². The number of nitrogens with zero attached hydrogens (tertiary/aromatic N) is 1. The standard InChI is InChI=1S/C6H10N4O3S2/c7-6-10-4(3-14-6)5(11)9-1-2-15(8,12)13/h3H,1-2H2,(H2,7,10)(H,9,11)(H2,8,12,13). The highest BCUT2D eigenvalue weighted by Gasteiger charge is 2.10. The Morgan fingerprint density at radius 3 is 2.73 bits per heavy atom. The van der Waals surface area contributed by atoms with Crippen molar-refractivity contribution in [3.63, 3.8) is 0 Å². The van der Waals surface area contributed by atoms with Crippen LogP contribution in [0.1, 0.15) is 10.5 Å². The van der Waals surface area contributed by atoms with Crippen LogP contribution in [-0.2, 0) is 10.0 Å². The van der Waals surface area contributed by atoms with E-state index in [0.29, 0.717) is 0 Å². The summed E-state index contributed by atoms with van der Waals surface area (Å²) >= 11 is 1.13. The van der Waals surface area contributed by atoms with Crippen molar-refractivity contribution in [1.82, 2.24) is 10.3 Å². The van der Waals surface area contributed by atoms with Crippen molar-refractivity contribution in [3.8, 4) is 0 Å². The number of aromatic nitrogens is 1. The molecule has 15 heavy (non-hydrogen) atoms. The lowest BCUT2D eigenvalue weighted by Crippen LogP contribution is -2.31. The molecule has 0 aromatic carbocycles. The first kappa shape index (κ1) is 11.9. The average Bonchev–Trinajstić information content (AvgIpc) is 2.49. The van der Waals surface area contributed by atoms with E-state index in [4.69, 9.17) is 10.9 Å². The van der Waals surface area contributed by atoms with E-state index in [1.54, 1.807) is 0 Å². The summed E-state index contributed by atoms with van der Waals surface area (Å²) in [4.78, 5) is 15.0. The fourth-order valence-electron chi connectivity index (χ4n) is 0.789. The largest absolute Gasteiger partial charge is 0.375 e. The number of carbonyl (C=O) groups is 1. The van der Waals surface area contributed by atoms with E-state index in [1.807, 2.05) is 0 Å². The monoisotopic (exact) mass is 250 g/mol. The predicted octanol–water partition coefficient (Wildman–Crippen LogP) is -1.26. The topological polar surface area (TPSA) is 128 Å². The number of anilines is 1. The number of hydrogen-bond acceptors (Lipinski definition) is 6. The summed E-state index contributed by atoms with van der Waals surface area (Å²) in [5.74, 6) is -0.773. The van der Waals surface area contributed by atoms with Crippen LogP contribution in [0.2, 0.25) is 0 Å². The van der Waals surface area contributed by atoms with Crippen molar-refractivity contribution >= 4 is 32.4 Å². The number of thiazole rings is 1. The van der Waals surface area contributed by atoms with E-state index in [0.717, 1.165) is 11.3 Å². The van der Waals surface area contributed by atoms with Crippen LogP contribution in [0.3, 0.4) is 0 Å². The number of hydrogen-bond donors (Lipinski definition) is 3. The summed E-state index contributed by atoms with van der Waals surface area (Å²) in [7, 11) is -3.55. The number of amides is 1. The van der Waals surface area contributed by atoms with Crippen LogP contribution in [0.4, 0.5) is 5.13 Å². The van der Waals surface area contributed by atoms with Crippen LogP contribution >= 0.6 is 11.3 Å². The van der Waals surface area contributed by atoms with Crippen molar-refractivity contribution in [1.29, 1.82) is 0 Å². The third kappa shape index (κ3) is 4.23. The first-order valence-electron chi connectivity index (χ1n) is 3.88. The fourth-order valence-corrected chi connectivity index (χ4v) is 1.72. The molecule has 1 aromatic rings. The Morgan fingerprint density at radius 2 is 2.27 bits per heavy atom. The molecule has 84 valence electrons. The Bertz CT molecular complexity index is 453. The van der Waals surface area contributed by atoms with Crippen LogP contribution in [-0.4, -0.2) is 31.6 Å². The van der Waals surface area contributed by atoms with Gasteiger partial charge in [-0.15, -0.1) is 11.3 Å². The van der Waals surface area contributed by atoms with E-state index >= 15 is 0 Å². The quantitative estimate of drug-likeness (QED) is 0.614. The fraction of sp³-hybridized carbons (Fsp3) is 0.333. The molecule has 0 aliphatic rings. The molecule has 9 heteroatoms. The maximum absolute atomic E-state index is 11.3. The molecule has 0 aliphatic heterocycles. The minimum absolute atomic E-state index is 0.0465. The summed E-state index contributed by atoms with van der Waals surface area (Å²) < 4.78 is 21.1. The maximum Gasteiger partial charge on any atom is 0.270 e. The smallest absolute Gasteiger partial charge is 0.270 e. The lowest BCUT2D eigenvalue weighted by molar-refractivity contribution is 0.0952. The molecule has 0 bridgehead atoms. The molecule has 7 nitrogen and oxygen atoms in total. The normalized spacial score (nSPS) is 11.3. The van der Waals surface area contributed by atoms with Gasteiger partial charge in [0.1, 0.15) is 5.69 Å². The van der Waals surface area contributed by atoms with Gasteiger partial charge in [-0.1, -0.05) is 0 Å². The minimum atomic E-state index is -3.55. The Morgan fingerprint density at radius 1 is 1.60 bits per heavy atom. The SMILES string of the molecule is Nc1nc(C(=O)NCCS(N)(=O)=O)cs1. The Balaban J connectivity index is 2.44. The van der Waals surface area contributed by atoms with E-state index < -0.39 is 15.9 Å². The molecule has 0 unspecified atom stereocenters. The number of nitrogens with two attached hydrogens (primary N) is 2. The summed E-state index contributed by atoms with van der Waals surface area (Å²) in [5, 5.41) is 8.88. The van der Waals surface area contributed by atoms with Crippen molar-refractivity contribution in [2.45, 2.75) is 0 Å². The number of rotatable bonds is 4. The second-order valence-electron chi connectivity index (χ2n) is 2.69. The average molecular weight is 250 g/mol. The molecule has 0 atom stereocenters. The number of nitrogen functional groups attached to an aromatic ring is 1.